The van der Waals surface area contributed by atoms with E-state index < -0.39 is 0 Å². The summed E-state index contributed by atoms with van der Waals surface area (Å²) < 4.78 is 18.1. The van der Waals surface area contributed by atoms with Crippen molar-refractivity contribution in [2.24, 2.45) is 0 Å². The minimum atomic E-state index is -0.125. The van der Waals surface area contributed by atoms with Crippen LogP contribution in [0.4, 0.5) is 0 Å². The van der Waals surface area contributed by atoms with Gasteiger partial charge < -0.3 is 13.9 Å². The molecule has 4 aromatic rings. The summed E-state index contributed by atoms with van der Waals surface area (Å²) in [5.41, 5.74) is 5.60. The van der Waals surface area contributed by atoms with E-state index in [1.165, 1.54) is 5.56 Å². The van der Waals surface area contributed by atoms with Crippen LogP contribution in [0.25, 0.3) is 22.3 Å². The molecule has 4 nitrogen and oxygen atoms in total. The average molecular weight is 443 g/mol. The molecule has 0 spiro atoms. The van der Waals surface area contributed by atoms with E-state index in [0.717, 1.165) is 40.8 Å². The molecular formula is C29H30O4. The van der Waals surface area contributed by atoms with Crippen LogP contribution < -0.4 is 14.9 Å². The first-order chi connectivity index (χ1) is 15.9. The third-order valence-electron chi connectivity index (χ3n) is 5.68. The number of hydrogen-bond donors (Lipinski definition) is 0. The second-order valence-electron chi connectivity index (χ2n) is 8.63. The summed E-state index contributed by atoms with van der Waals surface area (Å²) in [7, 11) is 0. The van der Waals surface area contributed by atoms with Crippen molar-refractivity contribution in [3.8, 4) is 22.8 Å². The van der Waals surface area contributed by atoms with Crippen molar-refractivity contribution >= 4 is 11.0 Å². The van der Waals surface area contributed by atoms with E-state index in [4.69, 9.17) is 13.9 Å². The highest BCUT2D eigenvalue weighted by molar-refractivity contribution is 5.85. The van der Waals surface area contributed by atoms with Crippen LogP contribution >= 0.6 is 0 Å². The minimum Gasteiger partial charge on any atom is -0.494 e. The Morgan fingerprint density at radius 3 is 2.00 bits per heavy atom. The molecule has 0 aliphatic carbocycles. The lowest BCUT2D eigenvalue weighted by Crippen LogP contribution is -2.13. The van der Waals surface area contributed by atoms with Gasteiger partial charge in [0.15, 0.2) is 5.76 Å². The molecule has 0 N–H and O–H groups in total. The highest BCUT2D eigenvalue weighted by Gasteiger charge is 2.19. The molecule has 4 heteroatoms. The number of unbranched alkanes of at least 4 members (excludes halogenated alkanes) is 1. The van der Waals surface area contributed by atoms with Crippen LogP contribution in [-0.2, 0) is 0 Å². The van der Waals surface area contributed by atoms with Crippen LogP contribution in [0.2, 0.25) is 0 Å². The molecule has 0 saturated carbocycles. The summed E-state index contributed by atoms with van der Waals surface area (Å²) >= 11 is 0. The number of fused-ring (bicyclic) bond motifs is 1. The summed E-state index contributed by atoms with van der Waals surface area (Å²) in [5, 5.41) is 0.578. The maximum Gasteiger partial charge on any atom is 0.235 e. The van der Waals surface area contributed by atoms with Crippen molar-refractivity contribution < 1.29 is 13.9 Å². The smallest absolute Gasteiger partial charge is 0.235 e. The summed E-state index contributed by atoms with van der Waals surface area (Å²) in [4.78, 5) is 13.4. The zero-order valence-electron chi connectivity index (χ0n) is 19.7. The third-order valence-corrected chi connectivity index (χ3v) is 5.68. The molecule has 1 heterocycles. The molecule has 33 heavy (non-hydrogen) atoms. The van der Waals surface area contributed by atoms with Gasteiger partial charge in [-0.1, -0.05) is 53.6 Å². The fourth-order valence-corrected chi connectivity index (χ4v) is 3.90. The molecular weight excluding hydrogens is 412 g/mol. The van der Waals surface area contributed by atoms with Crippen molar-refractivity contribution in [1.29, 1.82) is 0 Å². The number of hydrogen-bond acceptors (Lipinski definition) is 4. The quantitative estimate of drug-likeness (QED) is 0.278. The standard InChI is InChI=1S/C29H30O4/c1-19-7-11-23(12-8-19)28-29(27(30)26-22(4)17-21(3)18-25(26)33-28)32-16-6-5-15-31-24-13-9-20(2)10-14-24/h7-14,17-18H,5-6,15-16H2,1-4H3. The van der Waals surface area contributed by atoms with Crippen LogP contribution in [0, 0.1) is 27.7 Å². The Balaban J connectivity index is 1.53. The van der Waals surface area contributed by atoms with Gasteiger partial charge in [0.05, 0.1) is 18.6 Å². The monoisotopic (exact) mass is 442 g/mol. The Kier molecular flexibility index (Phi) is 6.83. The van der Waals surface area contributed by atoms with Gasteiger partial charge in [0.25, 0.3) is 0 Å². The predicted molar refractivity (Wildman–Crippen MR) is 134 cm³/mol. The van der Waals surface area contributed by atoms with Gasteiger partial charge in [-0.05, 0) is 69.9 Å². The van der Waals surface area contributed by atoms with Crippen molar-refractivity contribution in [3.05, 3.63) is 93.1 Å². The average Bonchev–Trinajstić information content (AvgIpc) is 2.78. The van der Waals surface area contributed by atoms with Crippen LogP contribution in [0.3, 0.4) is 0 Å². The van der Waals surface area contributed by atoms with E-state index in [0.29, 0.717) is 29.9 Å². The summed E-state index contributed by atoms with van der Waals surface area (Å²) in [6, 6.07) is 19.9. The van der Waals surface area contributed by atoms with Crippen LogP contribution in [0.15, 0.2) is 69.9 Å². The lowest BCUT2D eigenvalue weighted by Gasteiger charge is -2.13. The van der Waals surface area contributed by atoms with Gasteiger partial charge in [0.2, 0.25) is 11.2 Å². The molecule has 3 aromatic carbocycles. The molecule has 0 fully saturated rings. The van der Waals surface area contributed by atoms with Crippen molar-refractivity contribution in [3.63, 3.8) is 0 Å². The van der Waals surface area contributed by atoms with Gasteiger partial charge in [-0.2, -0.15) is 0 Å². The van der Waals surface area contributed by atoms with E-state index in [1.54, 1.807) is 0 Å². The first-order valence-electron chi connectivity index (χ1n) is 11.4. The van der Waals surface area contributed by atoms with Gasteiger partial charge in [-0.3, -0.25) is 4.79 Å². The molecule has 0 aliphatic heterocycles. The molecule has 0 bridgehead atoms. The largest absolute Gasteiger partial charge is 0.494 e. The van der Waals surface area contributed by atoms with Crippen molar-refractivity contribution in [1.82, 2.24) is 0 Å². The Morgan fingerprint density at radius 1 is 0.727 bits per heavy atom. The molecule has 0 radical (unpaired) electrons. The van der Waals surface area contributed by atoms with Crippen LogP contribution in [0.5, 0.6) is 11.5 Å². The summed E-state index contributed by atoms with van der Waals surface area (Å²) in [6.07, 6.45) is 1.59. The highest BCUT2D eigenvalue weighted by Crippen LogP contribution is 2.32. The topological polar surface area (TPSA) is 48.7 Å². The fraction of sp³-hybridized carbons (Fsp3) is 0.276. The zero-order chi connectivity index (χ0) is 23.4. The molecule has 1 aromatic heterocycles. The van der Waals surface area contributed by atoms with Gasteiger partial charge >= 0.3 is 0 Å². The third kappa shape index (κ3) is 5.28. The Morgan fingerprint density at radius 2 is 1.33 bits per heavy atom. The van der Waals surface area contributed by atoms with Crippen LogP contribution in [-0.4, -0.2) is 13.2 Å². The highest BCUT2D eigenvalue weighted by atomic mass is 16.5. The maximum absolute atomic E-state index is 13.4. The van der Waals surface area contributed by atoms with E-state index in [-0.39, 0.29) is 11.2 Å². The molecule has 4 rings (SSSR count). The second-order valence-corrected chi connectivity index (χ2v) is 8.63. The first kappa shape index (κ1) is 22.7. The Hall–Kier alpha value is -3.53. The van der Waals surface area contributed by atoms with E-state index >= 15 is 0 Å². The Bertz CT molecular complexity index is 1300. The minimum absolute atomic E-state index is 0.125. The predicted octanol–water partition coefficient (Wildman–Crippen LogP) is 6.93. The second kappa shape index (κ2) is 9.95. The number of aryl methyl sites for hydroxylation is 4. The molecule has 0 unspecified atom stereocenters. The fourth-order valence-electron chi connectivity index (χ4n) is 3.90. The van der Waals surface area contributed by atoms with Crippen molar-refractivity contribution in [2.45, 2.75) is 40.5 Å². The molecule has 0 aliphatic rings. The van der Waals surface area contributed by atoms with Crippen molar-refractivity contribution in [2.75, 3.05) is 13.2 Å². The molecule has 0 amide bonds. The molecule has 0 saturated heterocycles. The van der Waals surface area contributed by atoms with E-state index in [1.807, 2.05) is 81.4 Å². The van der Waals surface area contributed by atoms with Gasteiger partial charge in [-0.15, -0.1) is 0 Å². The van der Waals surface area contributed by atoms with Gasteiger partial charge in [0, 0.05) is 5.56 Å². The van der Waals surface area contributed by atoms with Gasteiger partial charge in [0.1, 0.15) is 11.3 Å². The number of ether oxygens (including phenoxy) is 2. The number of rotatable bonds is 8. The SMILES string of the molecule is Cc1ccc(OCCCCOc2c(-c3ccc(C)cc3)oc3cc(C)cc(C)c3c2=O)cc1. The normalized spacial score (nSPS) is 11.0. The summed E-state index contributed by atoms with van der Waals surface area (Å²) in [6.45, 7) is 9.03. The first-order valence-corrected chi connectivity index (χ1v) is 11.4. The molecule has 0 atom stereocenters. The van der Waals surface area contributed by atoms with E-state index in [2.05, 4.69) is 6.92 Å². The van der Waals surface area contributed by atoms with Gasteiger partial charge in [-0.25, -0.2) is 0 Å². The lowest BCUT2D eigenvalue weighted by atomic mass is 10.0. The lowest BCUT2D eigenvalue weighted by molar-refractivity contribution is 0.263. The number of benzene rings is 3. The molecule has 170 valence electrons. The Labute approximate surface area is 194 Å². The zero-order valence-corrected chi connectivity index (χ0v) is 19.7. The van der Waals surface area contributed by atoms with E-state index in [9.17, 15) is 4.79 Å². The van der Waals surface area contributed by atoms with Crippen LogP contribution in [0.1, 0.15) is 35.1 Å². The maximum atomic E-state index is 13.4. The summed E-state index contributed by atoms with van der Waals surface area (Å²) in [5.74, 6) is 1.62.